The average Bonchev–Trinajstić information content (AvgIpc) is 3.73. The van der Waals surface area contributed by atoms with E-state index >= 15 is 0 Å². The first kappa shape index (κ1) is 38.0. The molecule has 0 spiro atoms. The molecule has 292 valence electrons. The van der Waals surface area contributed by atoms with Crippen LogP contribution in [0.3, 0.4) is 0 Å². The first-order valence-corrected chi connectivity index (χ1v) is 19.0. The summed E-state index contributed by atoms with van der Waals surface area (Å²) in [6.07, 6.45) is 12.6. The number of carbonyl (C=O) groups excluding carboxylic acids is 1. The number of fused-ring (bicyclic) bond motifs is 2. The molecule has 6 aromatic rings. The maximum absolute atomic E-state index is 11.9. The minimum absolute atomic E-state index is 0.0546. The number of anilines is 6. The van der Waals surface area contributed by atoms with Crippen LogP contribution in [0.25, 0.3) is 22.1 Å². The van der Waals surface area contributed by atoms with Gasteiger partial charge in [0.15, 0.2) is 0 Å². The molecule has 2 saturated heterocycles. The van der Waals surface area contributed by atoms with Gasteiger partial charge < -0.3 is 39.2 Å². The summed E-state index contributed by atoms with van der Waals surface area (Å²) in [4.78, 5) is 58.2. The van der Waals surface area contributed by atoms with Crippen LogP contribution < -0.4 is 24.9 Å². The molecule has 2 fully saturated rings. The molecule has 2 aliphatic heterocycles. The van der Waals surface area contributed by atoms with Crippen molar-refractivity contribution in [3.8, 4) is 0 Å². The summed E-state index contributed by atoms with van der Waals surface area (Å²) in [7, 11) is 7.93. The second-order valence-electron chi connectivity index (χ2n) is 14.4. The normalized spacial score (nSPS) is 14.3. The van der Waals surface area contributed by atoms with Gasteiger partial charge in [0.2, 0.25) is 5.91 Å². The summed E-state index contributed by atoms with van der Waals surface area (Å²) in [5.74, 6) is 2.58. The van der Waals surface area contributed by atoms with Crippen molar-refractivity contribution in [1.82, 2.24) is 44.4 Å². The topological polar surface area (TPSA) is 167 Å². The van der Waals surface area contributed by atoms with Gasteiger partial charge in [0.1, 0.15) is 34.3 Å². The van der Waals surface area contributed by atoms with Crippen LogP contribution in [0.5, 0.6) is 0 Å². The first-order chi connectivity index (χ1) is 27.0. The van der Waals surface area contributed by atoms with Crippen LogP contribution in [-0.4, -0.2) is 103 Å². The third-order valence-electron chi connectivity index (χ3n) is 10.8. The van der Waals surface area contributed by atoms with Crippen molar-refractivity contribution < 1.29 is 14.7 Å². The Balaban J connectivity index is 0.000000172. The summed E-state index contributed by atoms with van der Waals surface area (Å²) in [5, 5.41) is 11.9. The molecule has 8 heterocycles. The van der Waals surface area contributed by atoms with Gasteiger partial charge in [-0.3, -0.25) is 9.59 Å². The Labute approximate surface area is 325 Å². The zero-order valence-electron chi connectivity index (χ0n) is 33.0. The molecular formula is C40H49N13O3. The summed E-state index contributed by atoms with van der Waals surface area (Å²) in [6, 6.07) is 8.24. The molecule has 0 saturated carbocycles. The van der Waals surface area contributed by atoms with Crippen LogP contribution in [0.2, 0.25) is 0 Å². The van der Waals surface area contributed by atoms with Gasteiger partial charge in [-0.1, -0.05) is 13.8 Å². The Bertz CT molecular complexity index is 2380. The lowest BCUT2D eigenvalue weighted by Gasteiger charge is -2.39. The van der Waals surface area contributed by atoms with Gasteiger partial charge in [-0.2, -0.15) is 0 Å². The van der Waals surface area contributed by atoms with E-state index in [1.54, 1.807) is 25.0 Å². The number of aromatic nitrogens is 8. The van der Waals surface area contributed by atoms with Crippen molar-refractivity contribution in [3.63, 3.8) is 0 Å². The van der Waals surface area contributed by atoms with E-state index in [1.807, 2.05) is 84.6 Å². The molecule has 0 aliphatic carbocycles. The number of hydrogen-bond acceptors (Lipinski definition) is 12. The number of nitrogens with one attached hydrogen (secondary N) is 1. The van der Waals surface area contributed by atoms with E-state index < -0.39 is 5.97 Å². The lowest BCUT2D eigenvalue weighted by atomic mass is 9.98. The van der Waals surface area contributed by atoms with Crippen molar-refractivity contribution in [2.45, 2.75) is 33.6 Å². The second-order valence-corrected chi connectivity index (χ2v) is 14.4. The van der Waals surface area contributed by atoms with Crippen molar-refractivity contribution in [1.29, 1.82) is 0 Å². The van der Waals surface area contributed by atoms with E-state index in [0.29, 0.717) is 19.6 Å². The number of amides is 1. The maximum atomic E-state index is 11.9. The third-order valence-corrected chi connectivity index (χ3v) is 10.8. The lowest BCUT2D eigenvalue weighted by Crippen LogP contribution is -2.54. The molecule has 0 bridgehead atoms. The van der Waals surface area contributed by atoms with Crippen molar-refractivity contribution in [3.05, 3.63) is 72.8 Å². The monoisotopic (exact) mass is 759 g/mol. The van der Waals surface area contributed by atoms with Crippen LogP contribution in [0.4, 0.5) is 34.6 Å². The smallest absolute Gasteiger partial charge is 0.310 e. The van der Waals surface area contributed by atoms with E-state index in [9.17, 15) is 9.59 Å². The highest BCUT2D eigenvalue weighted by molar-refractivity contribution is 5.83. The molecule has 56 heavy (non-hydrogen) atoms. The van der Waals surface area contributed by atoms with Gasteiger partial charge in [-0.15, -0.1) is 0 Å². The molecule has 8 rings (SSSR count). The third kappa shape index (κ3) is 7.38. The standard InChI is InChI=1S/C21H27N7O.C19H22N6O2/c1-5-14-7-20(28-11-15(12-28)21(29)22-6-2)24-10-18(14)27(4)19-8-17-16(9-23-19)25-13-26(17)3;1-4-12-5-18(25-9-13(10-25)19(26)27)21-8-16(12)24(3)17-6-15-14(7-20-17)22-11-23(15)2/h7-10,13,15H,5-6,11-12H2,1-4H3,(H,22,29);5-8,11,13H,4,9-10H2,1-3H3,(H,26,27). The number of carboxylic acid groups (broad SMARTS) is 1. The van der Waals surface area contributed by atoms with E-state index in [1.165, 1.54) is 5.56 Å². The molecule has 2 aliphatic rings. The van der Waals surface area contributed by atoms with Crippen molar-refractivity contribution in [2.75, 3.05) is 66.4 Å². The largest absolute Gasteiger partial charge is 0.481 e. The van der Waals surface area contributed by atoms with Gasteiger partial charge >= 0.3 is 5.97 Å². The number of carboxylic acids is 1. The average molecular weight is 760 g/mol. The number of aliphatic carboxylic acids is 1. The summed E-state index contributed by atoms with van der Waals surface area (Å²) in [5.41, 5.74) is 8.19. The van der Waals surface area contributed by atoms with Gasteiger partial charge in [-0.25, -0.2) is 29.9 Å². The first-order valence-electron chi connectivity index (χ1n) is 19.0. The Hall–Kier alpha value is -6.32. The van der Waals surface area contributed by atoms with Gasteiger partial charge in [0, 0.05) is 73.0 Å². The van der Waals surface area contributed by atoms with Crippen LogP contribution in [-0.2, 0) is 36.5 Å². The zero-order chi connectivity index (χ0) is 39.7. The highest BCUT2D eigenvalue weighted by Crippen LogP contribution is 2.33. The molecule has 16 nitrogen and oxygen atoms in total. The number of nitrogens with zero attached hydrogens (tertiary/aromatic N) is 12. The van der Waals surface area contributed by atoms with Crippen LogP contribution in [0, 0.1) is 11.8 Å². The summed E-state index contributed by atoms with van der Waals surface area (Å²) in [6.45, 7) is 9.32. The fraction of sp³-hybridized carbons (Fsp3) is 0.400. The molecule has 0 unspecified atom stereocenters. The Morgan fingerprint density at radius 3 is 1.54 bits per heavy atom. The molecular weight excluding hydrogens is 711 g/mol. The Kier molecular flexibility index (Phi) is 10.7. The van der Waals surface area contributed by atoms with Gasteiger partial charge in [0.25, 0.3) is 0 Å². The van der Waals surface area contributed by atoms with E-state index in [0.717, 1.165) is 88.2 Å². The molecule has 2 N–H and O–H groups in total. The number of pyridine rings is 4. The number of imidazole rings is 2. The highest BCUT2D eigenvalue weighted by atomic mass is 16.4. The predicted molar refractivity (Wildman–Crippen MR) is 218 cm³/mol. The number of rotatable bonds is 11. The highest BCUT2D eigenvalue weighted by Gasteiger charge is 2.34. The van der Waals surface area contributed by atoms with E-state index in [4.69, 9.17) is 5.11 Å². The van der Waals surface area contributed by atoms with Gasteiger partial charge in [-0.05, 0) is 43.0 Å². The number of carbonyl (C=O) groups is 2. The second kappa shape index (κ2) is 15.8. The maximum Gasteiger partial charge on any atom is 0.310 e. The Morgan fingerprint density at radius 1 is 0.679 bits per heavy atom. The van der Waals surface area contributed by atoms with Gasteiger partial charge in [0.05, 0.1) is 71.7 Å². The Morgan fingerprint density at radius 2 is 1.12 bits per heavy atom. The molecule has 0 aromatic carbocycles. The van der Waals surface area contributed by atoms with E-state index in [-0.39, 0.29) is 17.7 Å². The lowest BCUT2D eigenvalue weighted by molar-refractivity contribution is -0.142. The fourth-order valence-corrected chi connectivity index (χ4v) is 7.10. The molecule has 0 atom stereocenters. The van der Waals surface area contributed by atoms with Crippen LogP contribution >= 0.6 is 0 Å². The molecule has 1 amide bonds. The molecule has 0 radical (unpaired) electrons. The van der Waals surface area contributed by atoms with E-state index in [2.05, 4.69) is 64.9 Å². The van der Waals surface area contributed by atoms with Crippen molar-refractivity contribution in [2.24, 2.45) is 25.9 Å². The minimum Gasteiger partial charge on any atom is -0.481 e. The summed E-state index contributed by atoms with van der Waals surface area (Å²) < 4.78 is 3.96. The fourth-order valence-electron chi connectivity index (χ4n) is 7.10. The van der Waals surface area contributed by atoms with Crippen LogP contribution in [0.15, 0.2) is 61.7 Å². The van der Waals surface area contributed by atoms with Crippen LogP contribution in [0.1, 0.15) is 31.9 Å². The van der Waals surface area contributed by atoms with Crippen molar-refractivity contribution >= 4 is 68.6 Å². The quantitative estimate of drug-likeness (QED) is 0.190. The molecule has 6 aromatic heterocycles. The number of aryl methyl sites for hydroxylation is 4. The number of hydrogen-bond donors (Lipinski definition) is 2. The predicted octanol–water partition coefficient (Wildman–Crippen LogP) is 4.48. The SMILES string of the molecule is CCNC(=O)C1CN(c2cc(CC)c(N(C)c3cc4c(cn3)ncn4C)cn2)C1.CCc1cc(N2CC(C(=O)O)C2)ncc1N(C)c1cc2c(cn1)ncn2C. The summed E-state index contributed by atoms with van der Waals surface area (Å²) >= 11 is 0. The minimum atomic E-state index is -0.741. The zero-order valence-corrected chi connectivity index (χ0v) is 33.0. The molecule has 16 heteroatoms.